The van der Waals surface area contributed by atoms with Gasteiger partial charge in [0.15, 0.2) is 0 Å². The predicted molar refractivity (Wildman–Crippen MR) is 89.4 cm³/mol. The Morgan fingerprint density at radius 3 is 2.50 bits per heavy atom. The van der Waals surface area contributed by atoms with Crippen LogP contribution in [0.4, 0.5) is 11.4 Å². The number of carbonyl (C=O) groups is 3. The molecule has 2 amide bonds. The number of imide groups is 1. The number of rotatable bonds is 4. The first-order valence-electron chi connectivity index (χ1n) is 7.18. The fourth-order valence-corrected chi connectivity index (χ4v) is 2.74. The van der Waals surface area contributed by atoms with E-state index in [1.807, 2.05) is 0 Å². The van der Waals surface area contributed by atoms with Crippen LogP contribution in [0.25, 0.3) is 0 Å². The third-order valence-electron chi connectivity index (χ3n) is 3.68. The molecule has 0 spiro atoms. The maximum atomic E-state index is 12.5. The average molecular weight is 345 g/mol. The molecule has 6 nitrogen and oxygen atoms in total. The Balaban J connectivity index is 1.80. The molecule has 0 bridgehead atoms. The van der Waals surface area contributed by atoms with Crippen molar-refractivity contribution >= 4 is 40.8 Å². The Labute approximate surface area is 142 Å². The lowest BCUT2D eigenvalue weighted by Gasteiger charge is -2.16. The molecular weight excluding hydrogens is 332 g/mol. The van der Waals surface area contributed by atoms with E-state index in [0.717, 1.165) is 4.90 Å². The Morgan fingerprint density at radius 2 is 1.88 bits per heavy atom. The van der Waals surface area contributed by atoms with Gasteiger partial charge in [0, 0.05) is 10.7 Å². The molecule has 1 saturated heterocycles. The molecule has 2 aromatic rings. The predicted octanol–water partition coefficient (Wildman–Crippen LogP) is 2.78. The highest BCUT2D eigenvalue weighted by atomic mass is 35.5. The monoisotopic (exact) mass is 344 g/mol. The number of hydrogen-bond donors (Lipinski definition) is 2. The zero-order valence-corrected chi connectivity index (χ0v) is 13.2. The number of nitrogens with one attached hydrogen (secondary N) is 1. The minimum atomic E-state index is -1.07. The minimum Gasteiger partial charge on any atom is -0.478 e. The third kappa shape index (κ3) is 3.09. The van der Waals surface area contributed by atoms with Crippen molar-refractivity contribution < 1.29 is 19.5 Å². The molecule has 24 heavy (non-hydrogen) atoms. The minimum absolute atomic E-state index is 0.0199. The van der Waals surface area contributed by atoms with Gasteiger partial charge in [-0.3, -0.25) is 9.59 Å². The van der Waals surface area contributed by atoms with Crippen molar-refractivity contribution in [2.45, 2.75) is 12.5 Å². The van der Waals surface area contributed by atoms with Crippen molar-refractivity contribution in [3.8, 4) is 0 Å². The number of amides is 2. The number of benzene rings is 2. The van der Waals surface area contributed by atoms with Crippen LogP contribution in [0, 0.1) is 0 Å². The summed E-state index contributed by atoms with van der Waals surface area (Å²) in [5, 5.41) is 12.4. The summed E-state index contributed by atoms with van der Waals surface area (Å²) in [6.45, 7) is 0. The van der Waals surface area contributed by atoms with Crippen LogP contribution in [0.3, 0.4) is 0 Å². The molecule has 0 radical (unpaired) electrons. The van der Waals surface area contributed by atoms with E-state index in [2.05, 4.69) is 5.32 Å². The second-order valence-corrected chi connectivity index (χ2v) is 5.77. The van der Waals surface area contributed by atoms with Crippen molar-refractivity contribution in [2.24, 2.45) is 0 Å². The molecule has 0 aliphatic carbocycles. The molecule has 1 unspecified atom stereocenters. The zero-order valence-electron chi connectivity index (χ0n) is 12.4. The molecule has 1 heterocycles. The number of carbonyl (C=O) groups excluding carboxylic acids is 2. The van der Waals surface area contributed by atoms with Crippen LogP contribution in [0.1, 0.15) is 16.8 Å². The van der Waals surface area contributed by atoms with E-state index in [0.29, 0.717) is 16.4 Å². The number of carboxylic acids is 1. The topological polar surface area (TPSA) is 86.7 Å². The van der Waals surface area contributed by atoms with Crippen molar-refractivity contribution in [3.63, 3.8) is 0 Å². The van der Waals surface area contributed by atoms with E-state index in [9.17, 15) is 14.4 Å². The summed E-state index contributed by atoms with van der Waals surface area (Å²) in [6, 6.07) is 11.8. The summed E-state index contributed by atoms with van der Waals surface area (Å²) in [6.07, 6.45) is 0.0199. The van der Waals surface area contributed by atoms with Crippen molar-refractivity contribution in [1.29, 1.82) is 0 Å². The molecular formula is C17H13ClN2O4. The number of nitrogens with zero attached hydrogens (tertiary/aromatic N) is 1. The maximum Gasteiger partial charge on any atom is 0.335 e. The van der Waals surface area contributed by atoms with Crippen LogP contribution in [0.5, 0.6) is 0 Å². The molecule has 0 aromatic heterocycles. The Morgan fingerprint density at radius 1 is 1.17 bits per heavy atom. The molecule has 2 N–H and O–H groups in total. The number of halogens is 1. The van der Waals surface area contributed by atoms with Crippen LogP contribution >= 0.6 is 11.6 Å². The first-order chi connectivity index (χ1) is 11.5. The molecule has 1 aliphatic rings. The largest absolute Gasteiger partial charge is 0.478 e. The first-order valence-corrected chi connectivity index (χ1v) is 7.56. The Hall–Kier alpha value is -2.86. The lowest BCUT2D eigenvalue weighted by Crippen LogP contribution is -2.34. The summed E-state index contributed by atoms with van der Waals surface area (Å²) in [7, 11) is 0. The van der Waals surface area contributed by atoms with E-state index in [-0.39, 0.29) is 23.8 Å². The van der Waals surface area contributed by atoms with Gasteiger partial charge in [0.2, 0.25) is 5.91 Å². The van der Waals surface area contributed by atoms with Gasteiger partial charge in [-0.1, -0.05) is 17.7 Å². The van der Waals surface area contributed by atoms with E-state index in [1.165, 1.54) is 24.3 Å². The average Bonchev–Trinajstić information content (AvgIpc) is 2.81. The summed E-state index contributed by atoms with van der Waals surface area (Å²) in [4.78, 5) is 36.7. The van der Waals surface area contributed by atoms with Gasteiger partial charge in [-0.2, -0.15) is 0 Å². The quantitative estimate of drug-likeness (QED) is 0.833. The standard InChI is InChI=1S/C17H13ClN2O4/c18-11-2-1-3-12(8-11)19-14-9-15(21)20(16(14)22)13-6-4-10(5-7-13)17(23)24/h1-8,14,19H,9H2,(H,23,24). The molecule has 7 heteroatoms. The summed E-state index contributed by atoms with van der Waals surface area (Å²) < 4.78 is 0. The SMILES string of the molecule is O=C(O)c1ccc(N2C(=O)CC(Nc3cccc(Cl)c3)C2=O)cc1. The van der Waals surface area contributed by atoms with Crippen molar-refractivity contribution in [1.82, 2.24) is 0 Å². The van der Waals surface area contributed by atoms with Gasteiger partial charge >= 0.3 is 5.97 Å². The summed E-state index contributed by atoms with van der Waals surface area (Å²) in [5.41, 5.74) is 1.09. The molecule has 3 rings (SSSR count). The van der Waals surface area contributed by atoms with Gasteiger partial charge in [0.05, 0.1) is 17.7 Å². The van der Waals surface area contributed by atoms with Gasteiger partial charge in [-0.15, -0.1) is 0 Å². The second kappa shape index (κ2) is 6.33. The molecule has 2 aromatic carbocycles. The zero-order chi connectivity index (χ0) is 17.3. The van der Waals surface area contributed by atoms with Crippen LogP contribution < -0.4 is 10.2 Å². The van der Waals surface area contributed by atoms with Crippen LogP contribution in [0.2, 0.25) is 5.02 Å². The van der Waals surface area contributed by atoms with Gasteiger partial charge < -0.3 is 10.4 Å². The van der Waals surface area contributed by atoms with Crippen LogP contribution in [0.15, 0.2) is 48.5 Å². The normalized spacial score (nSPS) is 17.2. The van der Waals surface area contributed by atoms with Crippen molar-refractivity contribution in [3.05, 3.63) is 59.1 Å². The van der Waals surface area contributed by atoms with Gasteiger partial charge in [-0.05, 0) is 42.5 Å². The highest BCUT2D eigenvalue weighted by Crippen LogP contribution is 2.26. The molecule has 1 aliphatic heterocycles. The Bertz CT molecular complexity index is 820. The highest BCUT2D eigenvalue weighted by molar-refractivity contribution is 6.30. The van der Waals surface area contributed by atoms with Crippen LogP contribution in [-0.4, -0.2) is 28.9 Å². The fourth-order valence-electron chi connectivity index (χ4n) is 2.55. The molecule has 1 fully saturated rings. The Kier molecular flexibility index (Phi) is 4.22. The van der Waals surface area contributed by atoms with Crippen molar-refractivity contribution in [2.75, 3.05) is 10.2 Å². The van der Waals surface area contributed by atoms with E-state index >= 15 is 0 Å². The van der Waals surface area contributed by atoms with E-state index < -0.39 is 12.0 Å². The van der Waals surface area contributed by atoms with Crippen LogP contribution in [-0.2, 0) is 9.59 Å². The maximum absolute atomic E-state index is 12.5. The van der Waals surface area contributed by atoms with E-state index in [4.69, 9.17) is 16.7 Å². The highest BCUT2D eigenvalue weighted by Gasteiger charge is 2.39. The molecule has 0 saturated carbocycles. The number of aromatic carboxylic acids is 1. The number of hydrogen-bond acceptors (Lipinski definition) is 4. The lowest BCUT2D eigenvalue weighted by molar-refractivity contribution is -0.121. The smallest absolute Gasteiger partial charge is 0.335 e. The summed E-state index contributed by atoms with van der Waals surface area (Å²) >= 11 is 5.91. The van der Waals surface area contributed by atoms with Gasteiger partial charge in [-0.25, -0.2) is 9.69 Å². The summed E-state index contributed by atoms with van der Waals surface area (Å²) in [5.74, 6) is -1.80. The second-order valence-electron chi connectivity index (χ2n) is 5.33. The number of carboxylic acid groups (broad SMARTS) is 1. The fraction of sp³-hybridized carbons (Fsp3) is 0.118. The first kappa shape index (κ1) is 16.0. The number of anilines is 2. The van der Waals surface area contributed by atoms with Gasteiger partial charge in [0.25, 0.3) is 5.91 Å². The van der Waals surface area contributed by atoms with Gasteiger partial charge in [0.1, 0.15) is 6.04 Å². The molecule has 1 atom stereocenters. The van der Waals surface area contributed by atoms with E-state index in [1.54, 1.807) is 24.3 Å². The third-order valence-corrected chi connectivity index (χ3v) is 3.92. The molecule has 122 valence electrons. The lowest BCUT2D eigenvalue weighted by atomic mass is 10.2.